The van der Waals surface area contributed by atoms with E-state index in [9.17, 15) is 9.59 Å². The van der Waals surface area contributed by atoms with Gasteiger partial charge in [-0.3, -0.25) is 9.59 Å². The van der Waals surface area contributed by atoms with Crippen molar-refractivity contribution >= 4 is 29.3 Å². The van der Waals surface area contributed by atoms with E-state index in [0.29, 0.717) is 28.0 Å². The number of hydrogen-bond acceptors (Lipinski definition) is 6. The number of benzene rings is 2. The summed E-state index contributed by atoms with van der Waals surface area (Å²) in [7, 11) is 3.37. The van der Waals surface area contributed by atoms with Crippen molar-refractivity contribution in [2.45, 2.75) is 25.5 Å². The Morgan fingerprint density at radius 2 is 1.77 bits per heavy atom. The zero-order valence-corrected chi connectivity index (χ0v) is 18.7. The Morgan fingerprint density at radius 1 is 1.06 bits per heavy atom. The van der Waals surface area contributed by atoms with Crippen LogP contribution < -0.4 is 15.4 Å². The van der Waals surface area contributed by atoms with Crippen molar-refractivity contribution in [3.05, 3.63) is 65.0 Å². The van der Waals surface area contributed by atoms with Gasteiger partial charge >= 0.3 is 0 Å². The summed E-state index contributed by atoms with van der Waals surface area (Å²) in [6.45, 7) is 4.16. The minimum Gasteiger partial charge on any atom is -0.495 e. The van der Waals surface area contributed by atoms with Crippen LogP contribution in [0.1, 0.15) is 27.3 Å². The van der Waals surface area contributed by atoms with Crippen LogP contribution in [0.5, 0.6) is 5.75 Å². The molecule has 0 bridgehead atoms. The third-order valence-corrected chi connectivity index (χ3v) is 5.63. The fourth-order valence-corrected chi connectivity index (χ4v) is 3.56. The predicted octanol–water partition coefficient (Wildman–Crippen LogP) is 3.10. The van der Waals surface area contributed by atoms with Crippen LogP contribution in [0.4, 0.5) is 5.69 Å². The number of hydrogen-bond donors (Lipinski definition) is 2. The number of carbonyl (C=O) groups excluding carboxylic acids is 2. The van der Waals surface area contributed by atoms with Crippen LogP contribution >= 0.6 is 11.8 Å². The monoisotopic (exact) mass is 439 g/mol. The number of nitrogens with one attached hydrogen (secondary N) is 2. The standard InChI is InChI=1S/C22H25N5O3S/c1-14-5-8-16(9-6-14)21(29)23-12-19-25-26-22(27(19)3)31-13-20(28)24-17-11-15(2)7-10-18(17)30-4/h5-11H,12-13H2,1-4H3,(H,23,29)(H,24,28). The molecule has 3 aromatic rings. The molecule has 0 fully saturated rings. The molecule has 2 N–H and O–H groups in total. The molecule has 0 aliphatic heterocycles. The van der Waals surface area contributed by atoms with Crippen molar-refractivity contribution in [2.24, 2.45) is 7.05 Å². The highest BCUT2D eigenvalue weighted by Gasteiger charge is 2.14. The summed E-state index contributed by atoms with van der Waals surface area (Å²) >= 11 is 1.27. The molecule has 1 aromatic heterocycles. The minimum absolute atomic E-state index is 0.165. The second-order valence-electron chi connectivity index (χ2n) is 7.05. The maximum absolute atomic E-state index is 12.4. The number of thioether (sulfide) groups is 1. The van der Waals surface area contributed by atoms with E-state index < -0.39 is 0 Å². The fraction of sp³-hybridized carbons (Fsp3) is 0.273. The Balaban J connectivity index is 1.54. The molecule has 0 radical (unpaired) electrons. The SMILES string of the molecule is COc1ccc(C)cc1NC(=O)CSc1nnc(CNC(=O)c2ccc(C)cc2)n1C. The maximum atomic E-state index is 12.4. The summed E-state index contributed by atoms with van der Waals surface area (Å²) in [6.07, 6.45) is 0. The topological polar surface area (TPSA) is 98.1 Å². The molecule has 8 nitrogen and oxygen atoms in total. The molecule has 1 heterocycles. The van der Waals surface area contributed by atoms with E-state index in [2.05, 4.69) is 20.8 Å². The smallest absolute Gasteiger partial charge is 0.251 e. The van der Waals surface area contributed by atoms with Gasteiger partial charge in [0.25, 0.3) is 5.91 Å². The van der Waals surface area contributed by atoms with Crippen molar-refractivity contribution in [3.63, 3.8) is 0 Å². The van der Waals surface area contributed by atoms with Gasteiger partial charge < -0.3 is 19.9 Å². The molecule has 0 saturated heterocycles. The molecule has 9 heteroatoms. The van der Waals surface area contributed by atoms with Gasteiger partial charge in [-0.25, -0.2) is 0 Å². The lowest BCUT2D eigenvalue weighted by atomic mass is 10.1. The molecule has 0 atom stereocenters. The average Bonchev–Trinajstić information content (AvgIpc) is 3.10. The zero-order chi connectivity index (χ0) is 22.4. The van der Waals surface area contributed by atoms with Crippen molar-refractivity contribution in [3.8, 4) is 5.75 Å². The normalized spacial score (nSPS) is 10.6. The Morgan fingerprint density at radius 3 is 2.48 bits per heavy atom. The molecule has 31 heavy (non-hydrogen) atoms. The van der Waals surface area contributed by atoms with Gasteiger partial charge in [0, 0.05) is 12.6 Å². The Labute approximate surface area is 185 Å². The summed E-state index contributed by atoms with van der Waals surface area (Å²) in [5.74, 6) is 1.02. The minimum atomic E-state index is -0.177. The summed E-state index contributed by atoms with van der Waals surface area (Å²) < 4.78 is 7.05. The lowest BCUT2D eigenvalue weighted by molar-refractivity contribution is -0.113. The molecule has 0 aliphatic rings. The average molecular weight is 440 g/mol. The first-order valence-electron chi connectivity index (χ1n) is 9.68. The molecule has 0 saturated carbocycles. The van der Waals surface area contributed by atoms with E-state index in [1.807, 2.05) is 44.2 Å². The van der Waals surface area contributed by atoms with Crippen molar-refractivity contribution in [1.29, 1.82) is 0 Å². The van der Waals surface area contributed by atoms with Gasteiger partial charge in [-0.2, -0.15) is 0 Å². The van der Waals surface area contributed by atoms with Gasteiger partial charge in [0.1, 0.15) is 5.75 Å². The molecule has 2 amide bonds. The molecule has 0 unspecified atom stereocenters. The summed E-state index contributed by atoms with van der Waals surface area (Å²) in [6, 6.07) is 12.9. The number of rotatable bonds is 8. The molecule has 162 valence electrons. The summed E-state index contributed by atoms with van der Waals surface area (Å²) in [5.41, 5.74) is 3.34. The first-order valence-corrected chi connectivity index (χ1v) is 10.7. The number of aromatic nitrogens is 3. The number of amides is 2. The lowest BCUT2D eigenvalue weighted by Gasteiger charge is -2.11. The highest BCUT2D eigenvalue weighted by Crippen LogP contribution is 2.25. The summed E-state index contributed by atoms with van der Waals surface area (Å²) in [5, 5.41) is 14.5. The third-order valence-electron chi connectivity index (χ3n) is 4.61. The Hall–Kier alpha value is -3.33. The van der Waals surface area contributed by atoms with Crippen molar-refractivity contribution in [1.82, 2.24) is 20.1 Å². The largest absolute Gasteiger partial charge is 0.495 e. The molecule has 0 spiro atoms. The van der Waals surface area contributed by atoms with E-state index in [1.54, 1.807) is 30.9 Å². The highest BCUT2D eigenvalue weighted by molar-refractivity contribution is 7.99. The van der Waals surface area contributed by atoms with Crippen molar-refractivity contribution < 1.29 is 14.3 Å². The number of methoxy groups -OCH3 is 1. The zero-order valence-electron chi connectivity index (χ0n) is 17.9. The van der Waals surface area contributed by atoms with E-state index in [-0.39, 0.29) is 24.1 Å². The van der Waals surface area contributed by atoms with E-state index in [4.69, 9.17) is 4.74 Å². The molecular formula is C22H25N5O3S. The third kappa shape index (κ3) is 5.85. The first kappa shape index (κ1) is 22.4. The van der Waals surface area contributed by atoms with Crippen LogP contribution in [0, 0.1) is 13.8 Å². The van der Waals surface area contributed by atoms with Crippen LogP contribution in [0.2, 0.25) is 0 Å². The number of nitrogens with zero attached hydrogens (tertiary/aromatic N) is 3. The molecular weight excluding hydrogens is 414 g/mol. The Kier molecular flexibility index (Phi) is 7.30. The highest BCUT2D eigenvalue weighted by atomic mass is 32.2. The predicted molar refractivity (Wildman–Crippen MR) is 120 cm³/mol. The van der Waals surface area contributed by atoms with Crippen molar-refractivity contribution in [2.75, 3.05) is 18.2 Å². The van der Waals surface area contributed by atoms with E-state index in [0.717, 1.165) is 11.1 Å². The van der Waals surface area contributed by atoms with Gasteiger partial charge in [0.2, 0.25) is 5.91 Å². The summed E-state index contributed by atoms with van der Waals surface area (Å²) in [4.78, 5) is 24.7. The quantitative estimate of drug-likeness (QED) is 0.524. The Bertz CT molecular complexity index is 1080. The van der Waals surface area contributed by atoms with E-state index in [1.165, 1.54) is 11.8 Å². The first-order chi connectivity index (χ1) is 14.9. The van der Waals surface area contributed by atoms with Gasteiger partial charge in [0.05, 0.1) is 25.1 Å². The van der Waals surface area contributed by atoms with Gasteiger partial charge in [-0.15, -0.1) is 10.2 Å². The molecule has 2 aromatic carbocycles. The second kappa shape index (κ2) is 10.1. The second-order valence-corrected chi connectivity index (χ2v) is 7.99. The molecule has 0 aliphatic carbocycles. The van der Waals surface area contributed by atoms with Crippen LogP contribution in [-0.4, -0.2) is 39.4 Å². The maximum Gasteiger partial charge on any atom is 0.251 e. The lowest BCUT2D eigenvalue weighted by Crippen LogP contribution is -2.24. The van der Waals surface area contributed by atoms with Crippen LogP contribution in [0.3, 0.4) is 0 Å². The fourth-order valence-electron chi connectivity index (χ4n) is 2.83. The van der Waals surface area contributed by atoms with Gasteiger partial charge in [-0.05, 0) is 43.7 Å². The van der Waals surface area contributed by atoms with E-state index >= 15 is 0 Å². The number of carbonyl (C=O) groups is 2. The van der Waals surface area contributed by atoms with Crippen LogP contribution in [-0.2, 0) is 18.4 Å². The number of ether oxygens (including phenoxy) is 1. The van der Waals surface area contributed by atoms with Crippen LogP contribution in [0.15, 0.2) is 47.6 Å². The van der Waals surface area contributed by atoms with Gasteiger partial charge in [0.15, 0.2) is 11.0 Å². The number of anilines is 1. The number of aryl methyl sites for hydroxylation is 2. The molecule has 3 rings (SSSR count). The van der Waals surface area contributed by atoms with Gasteiger partial charge in [-0.1, -0.05) is 35.5 Å². The van der Waals surface area contributed by atoms with Crippen LogP contribution in [0.25, 0.3) is 0 Å².